The maximum atomic E-state index is 10.1. The smallest absolute Gasteiger partial charge is 0.0574 e. The number of hydrogen-bond donors (Lipinski definition) is 2. The fourth-order valence-corrected chi connectivity index (χ4v) is 3.00. The first-order valence-corrected chi connectivity index (χ1v) is 6.73. The zero-order chi connectivity index (χ0) is 12.3. The van der Waals surface area contributed by atoms with Gasteiger partial charge in [0.05, 0.1) is 6.10 Å². The maximum Gasteiger partial charge on any atom is 0.0574 e. The fraction of sp³-hybridized carbons (Fsp3) is 0.571. The Kier molecular flexibility index (Phi) is 4.43. The van der Waals surface area contributed by atoms with Gasteiger partial charge in [0.1, 0.15) is 0 Å². The molecule has 0 aliphatic heterocycles. The van der Waals surface area contributed by atoms with Gasteiger partial charge in [0.2, 0.25) is 0 Å². The third-order valence-electron chi connectivity index (χ3n) is 3.85. The lowest BCUT2D eigenvalue weighted by molar-refractivity contribution is 0.0561. The van der Waals surface area contributed by atoms with E-state index in [4.69, 9.17) is 17.3 Å². The molecule has 2 nitrogen and oxygen atoms in total. The van der Waals surface area contributed by atoms with E-state index in [0.29, 0.717) is 12.5 Å². The molecule has 3 atom stereocenters. The van der Waals surface area contributed by atoms with Gasteiger partial charge in [-0.25, -0.2) is 0 Å². The minimum Gasteiger partial charge on any atom is -0.393 e. The summed E-state index contributed by atoms with van der Waals surface area (Å²) in [5.74, 6) is 0.553. The number of hydrogen-bond acceptors (Lipinski definition) is 2. The number of aliphatic hydroxyl groups is 1. The van der Waals surface area contributed by atoms with E-state index in [1.54, 1.807) is 0 Å². The first-order chi connectivity index (χ1) is 8.22. The summed E-state index contributed by atoms with van der Waals surface area (Å²) in [5.41, 5.74) is 7.09. The van der Waals surface area contributed by atoms with E-state index in [1.807, 2.05) is 24.3 Å². The van der Waals surface area contributed by atoms with Crippen LogP contribution in [0.4, 0.5) is 0 Å². The van der Waals surface area contributed by atoms with Crippen LogP contribution in [0, 0.1) is 5.92 Å². The summed E-state index contributed by atoms with van der Waals surface area (Å²) in [5, 5.41) is 10.8. The van der Waals surface area contributed by atoms with Crippen LogP contribution >= 0.6 is 11.6 Å². The Morgan fingerprint density at radius 3 is 2.47 bits per heavy atom. The van der Waals surface area contributed by atoms with Crippen molar-refractivity contribution in [3.05, 3.63) is 34.9 Å². The van der Waals surface area contributed by atoms with Crippen LogP contribution in [0.1, 0.15) is 37.2 Å². The molecule has 0 spiro atoms. The number of benzene rings is 1. The van der Waals surface area contributed by atoms with Gasteiger partial charge >= 0.3 is 0 Å². The fourth-order valence-electron chi connectivity index (χ4n) is 2.88. The molecule has 1 aromatic carbocycles. The molecule has 1 aliphatic carbocycles. The second kappa shape index (κ2) is 5.85. The Labute approximate surface area is 108 Å². The first kappa shape index (κ1) is 12.9. The summed E-state index contributed by atoms with van der Waals surface area (Å²) in [7, 11) is 0. The van der Waals surface area contributed by atoms with Crippen LogP contribution in [-0.2, 0) is 0 Å². The van der Waals surface area contributed by atoms with E-state index in [9.17, 15) is 5.11 Å². The molecule has 3 N–H and O–H groups in total. The Morgan fingerprint density at radius 2 is 1.88 bits per heavy atom. The van der Waals surface area contributed by atoms with Crippen molar-refractivity contribution in [1.29, 1.82) is 0 Å². The van der Waals surface area contributed by atoms with Gasteiger partial charge in [0.15, 0.2) is 0 Å². The Balaban J connectivity index is 2.17. The predicted octanol–water partition coefficient (Wildman–Crippen LogP) is 2.93. The van der Waals surface area contributed by atoms with Crippen molar-refractivity contribution in [3.63, 3.8) is 0 Å². The second-order valence-electron chi connectivity index (χ2n) is 4.91. The highest BCUT2D eigenvalue weighted by Gasteiger charge is 2.30. The van der Waals surface area contributed by atoms with E-state index in [1.165, 1.54) is 12.0 Å². The molecule has 0 heterocycles. The van der Waals surface area contributed by atoms with Crippen molar-refractivity contribution in [2.45, 2.75) is 37.7 Å². The van der Waals surface area contributed by atoms with Gasteiger partial charge in [-0.15, -0.1) is 0 Å². The molecule has 3 heteroatoms. The van der Waals surface area contributed by atoms with Crippen molar-refractivity contribution in [2.24, 2.45) is 11.7 Å². The molecule has 0 amide bonds. The van der Waals surface area contributed by atoms with Gasteiger partial charge in [-0.05, 0) is 43.0 Å². The highest BCUT2D eigenvalue weighted by Crippen LogP contribution is 2.36. The highest BCUT2D eigenvalue weighted by molar-refractivity contribution is 6.30. The van der Waals surface area contributed by atoms with Crippen molar-refractivity contribution < 1.29 is 5.11 Å². The van der Waals surface area contributed by atoms with Crippen LogP contribution in [-0.4, -0.2) is 17.8 Å². The molecule has 17 heavy (non-hydrogen) atoms. The Morgan fingerprint density at radius 1 is 1.24 bits per heavy atom. The molecule has 1 aromatic rings. The lowest BCUT2D eigenvalue weighted by atomic mass is 9.75. The Hall–Kier alpha value is -0.570. The topological polar surface area (TPSA) is 46.2 Å². The van der Waals surface area contributed by atoms with Crippen LogP contribution in [0.25, 0.3) is 0 Å². The summed E-state index contributed by atoms with van der Waals surface area (Å²) in [4.78, 5) is 0. The molecule has 0 radical (unpaired) electrons. The van der Waals surface area contributed by atoms with Gasteiger partial charge < -0.3 is 10.8 Å². The van der Waals surface area contributed by atoms with E-state index in [0.717, 1.165) is 24.3 Å². The molecule has 94 valence electrons. The lowest BCUT2D eigenvalue weighted by Gasteiger charge is -2.34. The molecule has 1 saturated carbocycles. The first-order valence-electron chi connectivity index (χ1n) is 6.36. The van der Waals surface area contributed by atoms with Crippen molar-refractivity contribution >= 4 is 11.6 Å². The van der Waals surface area contributed by atoms with Crippen molar-refractivity contribution in [1.82, 2.24) is 0 Å². The van der Waals surface area contributed by atoms with Crippen LogP contribution in [0.15, 0.2) is 24.3 Å². The summed E-state index contributed by atoms with van der Waals surface area (Å²) < 4.78 is 0. The second-order valence-corrected chi connectivity index (χ2v) is 5.35. The quantitative estimate of drug-likeness (QED) is 0.870. The zero-order valence-corrected chi connectivity index (χ0v) is 10.7. The minimum absolute atomic E-state index is 0.201. The van der Waals surface area contributed by atoms with E-state index < -0.39 is 0 Å². The molecule has 0 aromatic heterocycles. The molecule has 0 saturated heterocycles. The SMILES string of the molecule is NC[C@H](c1ccc(Cl)cc1)C1CCCC[C@@H]1O. The standard InChI is InChI=1S/C14H20ClNO/c15-11-7-5-10(6-8-11)13(9-16)12-3-1-2-4-14(12)17/h5-8,12-14,17H,1-4,9,16H2/t12?,13-,14+/m1/s1. The summed E-state index contributed by atoms with van der Waals surface area (Å²) >= 11 is 5.89. The summed E-state index contributed by atoms with van der Waals surface area (Å²) in [6, 6.07) is 7.85. The van der Waals surface area contributed by atoms with Gasteiger partial charge in [-0.1, -0.05) is 36.6 Å². The van der Waals surface area contributed by atoms with Gasteiger partial charge in [0, 0.05) is 10.9 Å². The number of aliphatic hydroxyl groups excluding tert-OH is 1. The Bertz CT molecular complexity index is 352. The summed E-state index contributed by atoms with van der Waals surface area (Å²) in [6.45, 7) is 0.587. The van der Waals surface area contributed by atoms with Crippen LogP contribution in [0.3, 0.4) is 0 Å². The molecular weight excluding hydrogens is 234 g/mol. The van der Waals surface area contributed by atoms with Gasteiger partial charge in [0.25, 0.3) is 0 Å². The van der Waals surface area contributed by atoms with Crippen LogP contribution in [0.2, 0.25) is 5.02 Å². The maximum absolute atomic E-state index is 10.1. The van der Waals surface area contributed by atoms with Crippen LogP contribution < -0.4 is 5.73 Å². The van der Waals surface area contributed by atoms with E-state index >= 15 is 0 Å². The van der Waals surface area contributed by atoms with Crippen molar-refractivity contribution in [2.75, 3.05) is 6.54 Å². The van der Waals surface area contributed by atoms with E-state index in [2.05, 4.69) is 0 Å². The lowest BCUT2D eigenvalue weighted by Crippen LogP contribution is -2.33. The van der Waals surface area contributed by atoms with Crippen LogP contribution in [0.5, 0.6) is 0 Å². The highest BCUT2D eigenvalue weighted by atomic mass is 35.5. The monoisotopic (exact) mass is 253 g/mol. The third kappa shape index (κ3) is 3.01. The molecular formula is C14H20ClNO. The molecule has 1 fully saturated rings. The number of nitrogens with two attached hydrogens (primary N) is 1. The third-order valence-corrected chi connectivity index (χ3v) is 4.10. The molecule has 2 rings (SSSR count). The van der Waals surface area contributed by atoms with Crippen molar-refractivity contribution in [3.8, 4) is 0 Å². The molecule has 0 bridgehead atoms. The number of rotatable bonds is 3. The van der Waals surface area contributed by atoms with Gasteiger partial charge in [-0.3, -0.25) is 0 Å². The zero-order valence-electron chi connectivity index (χ0n) is 9.98. The minimum atomic E-state index is -0.201. The largest absolute Gasteiger partial charge is 0.393 e. The number of halogens is 1. The molecule has 1 unspecified atom stereocenters. The predicted molar refractivity (Wildman–Crippen MR) is 71.2 cm³/mol. The van der Waals surface area contributed by atoms with E-state index in [-0.39, 0.29) is 12.0 Å². The van der Waals surface area contributed by atoms with Gasteiger partial charge in [-0.2, -0.15) is 0 Å². The molecule has 1 aliphatic rings. The normalized spacial score (nSPS) is 26.8. The summed E-state index contributed by atoms with van der Waals surface area (Å²) in [6.07, 6.45) is 4.12. The average molecular weight is 254 g/mol. The average Bonchev–Trinajstić information content (AvgIpc) is 2.35.